The topological polar surface area (TPSA) is 46.6 Å². The van der Waals surface area contributed by atoms with E-state index in [9.17, 15) is 8.42 Å². The lowest BCUT2D eigenvalue weighted by Crippen LogP contribution is -2.41. The molecule has 0 aromatic heterocycles. The molecule has 3 saturated heterocycles. The zero-order valence-electron chi connectivity index (χ0n) is 9.37. The largest absolute Gasteiger partial charge is 0.376 e. The van der Waals surface area contributed by atoms with Crippen molar-refractivity contribution in [1.29, 1.82) is 0 Å². The van der Waals surface area contributed by atoms with Gasteiger partial charge in [-0.25, -0.2) is 8.42 Å². The number of ether oxygens (including phenoxy) is 1. The fraction of sp³-hybridized carbons (Fsp3) is 0.900. The van der Waals surface area contributed by atoms with Gasteiger partial charge in [-0.2, -0.15) is 0 Å². The van der Waals surface area contributed by atoms with E-state index in [1.165, 1.54) is 0 Å². The maximum atomic E-state index is 11.6. The van der Waals surface area contributed by atoms with Crippen molar-refractivity contribution in [2.45, 2.75) is 30.2 Å². The van der Waals surface area contributed by atoms with Gasteiger partial charge in [0, 0.05) is 18.4 Å². The van der Waals surface area contributed by atoms with Crippen molar-refractivity contribution in [3.05, 3.63) is 0 Å². The number of hydrogen-bond acceptors (Lipinski definition) is 5. The van der Waals surface area contributed by atoms with Gasteiger partial charge in [0.2, 0.25) is 0 Å². The maximum Gasteiger partial charge on any atom is 0.153 e. The molecule has 17 heavy (non-hydrogen) atoms. The Hall–Kier alpha value is 0.150. The molecule has 0 radical (unpaired) electrons. The molecule has 0 N–H and O–H groups in total. The molecule has 3 fully saturated rings. The van der Waals surface area contributed by atoms with Gasteiger partial charge in [-0.05, 0) is 12.8 Å². The van der Waals surface area contributed by atoms with E-state index in [0.29, 0.717) is 0 Å². The molecule has 0 aromatic carbocycles. The summed E-state index contributed by atoms with van der Waals surface area (Å²) >= 11 is 6.90. The van der Waals surface area contributed by atoms with Crippen LogP contribution < -0.4 is 0 Å². The van der Waals surface area contributed by atoms with Crippen LogP contribution in [0.3, 0.4) is 0 Å². The number of fused-ring (bicyclic) bond motifs is 1. The van der Waals surface area contributed by atoms with Crippen LogP contribution in [0.1, 0.15) is 12.8 Å². The molecule has 0 saturated carbocycles. The van der Waals surface area contributed by atoms with E-state index in [2.05, 4.69) is 4.90 Å². The molecule has 4 nitrogen and oxygen atoms in total. The highest BCUT2D eigenvalue weighted by Crippen LogP contribution is 2.38. The third kappa shape index (κ3) is 2.34. The fourth-order valence-electron chi connectivity index (χ4n) is 2.75. The van der Waals surface area contributed by atoms with Gasteiger partial charge in [0.05, 0.1) is 23.7 Å². The Kier molecular flexibility index (Phi) is 3.13. The minimum atomic E-state index is -2.86. The van der Waals surface area contributed by atoms with Crippen LogP contribution >= 0.6 is 24.0 Å². The Morgan fingerprint density at radius 3 is 3.00 bits per heavy atom. The van der Waals surface area contributed by atoms with Gasteiger partial charge in [0.25, 0.3) is 0 Å². The summed E-state index contributed by atoms with van der Waals surface area (Å²) < 4.78 is 29.7. The zero-order valence-corrected chi connectivity index (χ0v) is 11.8. The summed E-state index contributed by atoms with van der Waals surface area (Å²) in [7, 11) is -2.86. The Morgan fingerprint density at radius 2 is 2.29 bits per heavy atom. The second-order valence-corrected chi connectivity index (χ2v) is 8.88. The highest BCUT2D eigenvalue weighted by atomic mass is 32.2. The van der Waals surface area contributed by atoms with E-state index >= 15 is 0 Å². The number of thiocarbonyl (C=S) groups is 1. The van der Waals surface area contributed by atoms with Crippen LogP contribution in [0.2, 0.25) is 0 Å². The smallest absolute Gasteiger partial charge is 0.153 e. The molecule has 0 spiro atoms. The van der Waals surface area contributed by atoms with Crippen LogP contribution in [-0.2, 0) is 14.6 Å². The van der Waals surface area contributed by atoms with Crippen molar-refractivity contribution in [3.8, 4) is 0 Å². The molecule has 0 amide bonds. The lowest BCUT2D eigenvalue weighted by molar-refractivity contribution is 0.0874. The van der Waals surface area contributed by atoms with E-state index < -0.39 is 9.84 Å². The van der Waals surface area contributed by atoms with Gasteiger partial charge in [-0.3, -0.25) is 0 Å². The molecule has 96 valence electrons. The number of hydrogen-bond donors (Lipinski definition) is 0. The minimum absolute atomic E-state index is 0.0849. The van der Waals surface area contributed by atoms with Crippen molar-refractivity contribution in [2.24, 2.45) is 0 Å². The molecular formula is C10H15NO3S3. The molecule has 0 bridgehead atoms. The molecule has 7 heteroatoms. The zero-order chi connectivity index (χ0) is 12.0. The Bertz CT molecular complexity index is 430. The molecule has 0 aromatic rings. The minimum Gasteiger partial charge on any atom is -0.376 e. The summed E-state index contributed by atoms with van der Waals surface area (Å²) in [5.41, 5.74) is 0. The first-order chi connectivity index (χ1) is 8.05. The van der Waals surface area contributed by atoms with Crippen LogP contribution in [0, 0.1) is 0 Å². The molecular weight excluding hydrogens is 278 g/mol. The second kappa shape index (κ2) is 4.36. The molecule has 0 aliphatic carbocycles. The maximum absolute atomic E-state index is 11.6. The van der Waals surface area contributed by atoms with Crippen LogP contribution in [0.15, 0.2) is 0 Å². The van der Waals surface area contributed by atoms with E-state index in [-0.39, 0.29) is 28.9 Å². The summed E-state index contributed by atoms with van der Waals surface area (Å²) in [6.07, 6.45) is 2.40. The Balaban J connectivity index is 1.72. The molecule has 3 aliphatic heterocycles. The quantitative estimate of drug-likeness (QED) is 0.697. The average molecular weight is 293 g/mol. The Morgan fingerprint density at radius 1 is 1.47 bits per heavy atom. The highest BCUT2D eigenvalue weighted by molar-refractivity contribution is 8.24. The highest BCUT2D eigenvalue weighted by Gasteiger charge is 2.48. The number of rotatable bonds is 2. The summed E-state index contributed by atoms with van der Waals surface area (Å²) in [5.74, 6) is 0.544. The first-order valence-electron chi connectivity index (χ1n) is 5.84. The van der Waals surface area contributed by atoms with Gasteiger partial charge in [0.1, 0.15) is 4.32 Å². The first kappa shape index (κ1) is 12.2. The predicted molar refractivity (Wildman–Crippen MR) is 72.1 cm³/mol. The van der Waals surface area contributed by atoms with Crippen LogP contribution in [0.4, 0.5) is 0 Å². The second-order valence-electron chi connectivity index (χ2n) is 4.85. The number of nitrogens with zero attached hydrogens (tertiary/aromatic N) is 1. The van der Waals surface area contributed by atoms with Gasteiger partial charge in [-0.1, -0.05) is 24.0 Å². The predicted octanol–water partition coefficient (Wildman–Crippen LogP) is 0.665. The lowest BCUT2D eigenvalue weighted by Gasteiger charge is -2.26. The average Bonchev–Trinajstić information content (AvgIpc) is 2.87. The van der Waals surface area contributed by atoms with Crippen molar-refractivity contribution in [1.82, 2.24) is 4.90 Å². The standard InChI is InChI=1S/C10H15NO3S3/c12-17(13)5-8-9(6-17)16-10(15)11(8)4-7-2-1-3-14-7/h7-9H,1-6H2/t7-,8+,9-/m1/s1. The summed E-state index contributed by atoms with van der Waals surface area (Å²) in [4.78, 5) is 2.09. The van der Waals surface area contributed by atoms with Crippen LogP contribution in [0.5, 0.6) is 0 Å². The molecule has 3 rings (SSSR count). The monoisotopic (exact) mass is 293 g/mol. The summed E-state index contributed by atoms with van der Waals surface area (Å²) in [6, 6.07) is 0.0849. The molecule has 3 atom stereocenters. The van der Waals surface area contributed by atoms with E-state index in [1.807, 2.05) is 0 Å². The van der Waals surface area contributed by atoms with Gasteiger partial charge in [0.15, 0.2) is 9.84 Å². The third-order valence-corrected chi connectivity index (χ3v) is 7.25. The van der Waals surface area contributed by atoms with Crippen molar-refractivity contribution >= 4 is 38.1 Å². The van der Waals surface area contributed by atoms with Crippen LogP contribution in [0.25, 0.3) is 0 Å². The number of thioether (sulfide) groups is 1. The molecule has 0 unspecified atom stereocenters. The van der Waals surface area contributed by atoms with Gasteiger partial charge < -0.3 is 9.64 Å². The lowest BCUT2D eigenvalue weighted by atomic mass is 10.2. The van der Waals surface area contributed by atoms with E-state index in [1.54, 1.807) is 11.8 Å². The summed E-state index contributed by atoms with van der Waals surface area (Å²) in [6.45, 7) is 1.59. The van der Waals surface area contributed by atoms with Gasteiger partial charge in [-0.15, -0.1) is 0 Å². The van der Waals surface area contributed by atoms with Crippen molar-refractivity contribution in [3.63, 3.8) is 0 Å². The summed E-state index contributed by atoms with van der Waals surface area (Å²) in [5, 5.41) is 0.147. The van der Waals surface area contributed by atoms with Crippen molar-refractivity contribution in [2.75, 3.05) is 24.7 Å². The number of sulfone groups is 1. The van der Waals surface area contributed by atoms with E-state index in [0.717, 1.165) is 30.3 Å². The normalized spacial score (nSPS) is 39.9. The SMILES string of the molecule is O=S1(=O)C[C@H]2SC(=S)N(C[C@H]3CCCO3)[C@H]2C1. The van der Waals surface area contributed by atoms with E-state index in [4.69, 9.17) is 17.0 Å². The van der Waals surface area contributed by atoms with Crippen LogP contribution in [-0.4, -0.2) is 59.7 Å². The third-order valence-electron chi connectivity index (χ3n) is 3.58. The molecule has 3 aliphatic rings. The Labute approximate surface area is 111 Å². The van der Waals surface area contributed by atoms with Crippen molar-refractivity contribution < 1.29 is 13.2 Å². The first-order valence-corrected chi connectivity index (χ1v) is 8.95. The van der Waals surface area contributed by atoms with Gasteiger partial charge >= 0.3 is 0 Å². The molecule has 3 heterocycles. The fourth-order valence-corrected chi connectivity index (χ4v) is 7.14.